The van der Waals surface area contributed by atoms with Crippen molar-refractivity contribution in [2.75, 3.05) is 6.54 Å². The van der Waals surface area contributed by atoms with Gasteiger partial charge in [-0.15, -0.1) is 0 Å². The number of carboxylic acids is 1. The number of carbonyl (C=O) groups excluding carboxylic acids is 1. The van der Waals surface area contributed by atoms with Gasteiger partial charge in [-0.1, -0.05) is 17.7 Å². The van der Waals surface area contributed by atoms with E-state index in [9.17, 15) is 14.0 Å². The molecule has 6 heteroatoms. The Bertz CT molecular complexity index is 431. The smallest absolute Gasteiger partial charge is 0.303 e. The van der Waals surface area contributed by atoms with Crippen LogP contribution in [0.2, 0.25) is 5.02 Å². The Kier molecular flexibility index (Phi) is 5.58. The van der Waals surface area contributed by atoms with Crippen molar-refractivity contribution in [1.29, 1.82) is 0 Å². The number of nitrogens with one attached hydrogen (secondary N) is 1. The molecule has 0 aliphatic rings. The first-order valence-corrected chi connectivity index (χ1v) is 5.84. The van der Waals surface area contributed by atoms with E-state index in [0.29, 0.717) is 12.8 Å². The number of carbonyl (C=O) groups is 2. The molecule has 0 bridgehead atoms. The van der Waals surface area contributed by atoms with Crippen LogP contribution in [-0.4, -0.2) is 23.5 Å². The molecule has 0 aliphatic carbocycles. The first kappa shape index (κ1) is 14.4. The van der Waals surface area contributed by atoms with E-state index in [0.717, 1.165) is 6.07 Å². The summed E-state index contributed by atoms with van der Waals surface area (Å²) in [5.74, 6) is -2.14. The molecule has 2 N–H and O–H groups in total. The second-order valence-electron chi connectivity index (χ2n) is 3.70. The summed E-state index contributed by atoms with van der Waals surface area (Å²) in [4.78, 5) is 21.9. The molecule has 1 aromatic carbocycles. The number of carboxylic acid groups (broad SMARTS) is 1. The normalized spacial score (nSPS) is 10.1. The highest BCUT2D eigenvalue weighted by Crippen LogP contribution is 2.18. The Hall–Kier alpha value is -1.62. The number of halogens is 2. The number of hydrogen-bond acceptors (Lipinski definition) is 2. The summed E-state index contributed by atoms with van der Waals surface area (Å²) in [6.45, 7) is 0.288. The summed E-state index contributed by atoms with van der Waals surface area (Å²) >= 11 is 5.73. The van der Waals surface area contributed by atoms with Gasteiger partial charge in [0.1, 0.15) is 5.82 Å². The number of hydrogen-bond donors (Lipinski definition) is 2. The van der Waals surface area contributed by atoms with Crippen LogP contribution in [0.1, 0.15) is 29.6 Å². The molecule has 1 amide bonds. The van der Waals surface area contributed by atoms with E-state index in [-0.39, 0.29) is 23.6 Å². The van der Waals surface area contributed by atoms with E-state index in [2.05, 4.69) is 5.32 Å². The molecular formula is C12H13ClFNO3. The molecule has 0 aromatic heterocycles. The molecule has 0 saturated heterocycles. The van der Waals surface area contributed by atoms with Crippen LogP contribution in [0, 0.1) is 5.82 Å². The predicted octanol–water partition coefficient (Wildman–Crippen LogP) is 2.46. The zero-order valence-corrected chi connectivity index (χ0v) is 10.3. The molecule has 98 valence electrons. The van der Waals surface area contributed by atoms with Crippen molar-refractivity contribution in [2.24, 2.45) is 0 Å². The highest BCUT2D eigenvalue weighted by atomic mass is 35.5. The van der Waals surface area contributed by atoms with E-state index < -0.39 is 17.7 Å². The molecule has 0 heterocycles. The van der Waals surface area contributed by atoms with Gasteiger partial charge in [0.25, 0.3) is 5.91 Å². The van der Waals surface area contributed by atoms with E-state index >= 15 is 0 Å². The lowest BCUT2D eigenvalue weighted by Crippen LogP contribution is -2.25. The molecule has 0 radical (unpaired) electrons. The van der Waals surface area contributed by atoms with Crippen LogP contribution in [0.25, 0.3) is 0 Å². The summed E-state index contributed by atoms with van der Waals surface area (Å²) in [6.07, 6.45) is 1.03. The van der Waals surface area contributed by atoms with E-state index in [4.69, 9.17) is 16.7 Å². The maximum absolute atomic E-state index is 13.4. The SMILES string of the molecule is O=C(O)CCCCNC(=O)c1c(F)cccc1Cl. The second kappa shape index (κ2) is 6.96. The van der Waals surface area contributed by atoms with Crippen LogP contribution in [0.15, 0.2) is 18.2 Å². The lowest BCUT2D eigenvalue weighted by Gasteiger charge is -2.07. The summed E-state index contributed by atoms with van der Waals surface area (Å²) in [7, 11) is 0. The van der Waals surface area contributed by atoms with Gasteiger partial charge < -0.3 is 10.4 Å². The van der Waals surface area contributed by atoms with E-state index in [1.807, 2.05) is 0 Å². The Morgan fingerprint density at radius 1 is 1.33 bits per heavy atom. The predicted molar refractivity (Wildman–Crippen MR) is 65.2 cm³/mol. The van der Waals surface area contributed by atoms with Crippen LogP contribution < -0.4 is 5.32 Å². The van der Waals surface area contributed by atoms with Gasteiger partial charge in [0.05, 0.1) is 10.6 Å². The van der Waals surface area contributed by atoms with Gasteiger partial charge >= 0.3 is 5.97 Å². The van der Waals surface area contributed by atoms with Crippen molar-refractivity contribution in [1.82, 2.24) is 5.32 Å². The van der Waals surface area contributed by atoms with Crippen LogP contribution in [0.4, 0.5) is 4.39 Å². The third-order valence-corrected chi connectivity index (χ3v) is 2.61. The van der Waals surface area contributed by atoms with Crippen molar-refractivity contribution in [2.45, 2.75) is 19.3 Å². The molecule has 0 saturated carbocycles. The van der Waals surface area contributed by atoms with Crippen molar-refractivity contribution in [3.05, 3.63) is 34.6 Å². The van der Waals surface area contributed by atoms with Crippen LogP contribution in [0.3, 0.4) is 0 Å². The number of amides is 1. The highest BCUT2D eigenvalue weighted by Gasteiger charge is 2.14. The third-order valence-electron chi connectivity index (χ3n) is 2.29. The van der Waals surface area contributed by atoms with E-state index in [1.54, 1.807) is 0 Å². The molecule has 0 spiro atoms. The van der Waals surface area contributed by atoms with Gasteiger partial charge in [-0.3, -0.25) is 9.59 Å². The van der Waals surface area contributed by atoms with E-state index in [1.165, 1.54) is 12.1 Å². The second-order valence-corrected chi connectivity index (χ2v) is 4.11. The lowest BCUT2D eigenvalue weighted by atomic mass is 10.2. The standard InChI is InChI=1S/C12H13ClFNO3/c13-8-4-3-5-9(14)11(8)12(18)15-7-2-1-6-10(16)17/h3-5H,1-2,6-7H2,(H,15,18)(H,16,17). The molecule has 1 aromatic rings. The molecule has 0 unspecified atom stereocenters. The summed E-state index contributed by atoms with van der Waals surface area (Å²) < 4.78 is 13.4. The molecule has 18 heavy (non-hydrogen) atoms. The van der Waals surface area contributed by atoms with Gasteiger partial charge in [0.15, 0.2) is 0 Å². The molecule has 1 rings (SSSR count). The topological polar surface area (TPSA) is 66.4 Å². The first-order valence-electron chi connectivity index (χ1n) is 5.46. The fourth-order valence-electron chi connectivity index (χ4n) is 1.41. The lowest BCUT2D eigenvalue weighted by molar-refractivity contribution is -0.137. The number of benzene rings is 1. The minimum atomic E-state index is -0.876. The van der Waals surface area contributed by atoms with Crippen LogP contribution >= 0.6 is 11.6 Å². The average molecular weight is 274 g/mol. The number of aliphatic carboxylic acids is 1. The minimum Gasteiger partial charge on any atom is -0.481 e. The van der Waals surface area contributed by atoms with Gasteiger partial charge in [0.2, 0.25) is 0 Å². The third kappa shape index (κ3) is 4.33. The maximum Gasteiger partial charge on any atom is 0.303 e. The molecular weight excluding hydrogens is 261 g/mol. The van der Waals surface area contributed by atoms with Gasteiger partial charge in [-0.05, 0) is 25.0 Å². The summed E-state index contributed by atoms with van der Waals surface area (Å²) in [5.41, 5.74) is -0.183. The van der Waals surface area contributed by atoms with Crippen LogP contribution in [0.5, 0.6) is 0 Å². The fourth-order valence-corrected chi connectivity index (χ4v) is 1.66. The summed E-state index contributed by atoms with van der Waals surface area (Å²) in [6, 6.07) is 4.01. The quantitative estimate of drug-likeness (QED) is 0.783. The Morgan fingerprint density at radius 2 is 2.06 bits per heavy atom. The zero-order chi connectivity index (χ0) is 13.5. The maximum atomic E-state index is 13.4. The number of rotatable bonds is 6. The molecule has 4 nitrogen and oxygen atoms in total. The van der Waals surface area contributed by atoms with Crippen LogP contribution in [-0.2, 0) is 4.79 Å². The average Bonchev–Trinajstić information content (AvgIpc) is 2.27. The largest absolute Gasteiger partial charge is 0.481 e. The van der Waals surface area contributed by atoms with Crippen molar-refractivity contribution in [3.8, 4) is 0 Å². The number of unbranched alkanes of at least 4 members (excludes halogenated alkanes) is 1. The Morgan fingerprint density at radius 3 is 2.67 bits per heavy atom. The Labute approximate surface area is 109 Å². The van der Waals surface area contributed by atoms with Crippen molar-refractivity contribution < 1.29 is 19.1 Å². The summed E-state index contributed by atoms with van der Waals surface area (Å²) in [5, 5.41) is 11.0. The zero-order valence-electron chi connectivity index (χ0n) is 9.58. The molecule has 0 aliphatic heterocycles. The molecule has 0 fully saturated rings. The van der Waals surface area contributed by atoms with Gasteiger partial charge in [-0.2, -0.15) is 0 Å². The minimum absolute atomic E-state index is 0.0519. The molecule has 0 atom stereocenters. The fraction of sp³-hybridized carbons (Fsp3) is 0.333. The first-order chi connectivity index (χ1) is 8.52. The van der Waals surface area contributed by atoms with Crippen molar-refractivity contribution >= 4 is 23.5 Å². The Balaban J connectivity index is 2.44. The monoisotopic (exact) mass is 273 g/mol. The van der Waals surface area contributed by atoms with Gasteiger partial charge in [-0.25, -0.2) is 4.39 Å². The van der Waals surface area contributed by atoms with Gasteiger partial charge in [0, 0.05) is 13.0 Å². The highest BCUT2D eigenvalue weighted by molar-refractivity contribution is 6.33. The van der Waals surface area contributed by atoms with Crippen molar-refractivity contribution in [3.63, 3.8) is 0 Å².